The normalized spacial score (nSPS) is 23.9. The molecule has 3 unspecified atom stereocenters. The van der Waals surface area contributed by atoms with Gasteiger partial charge in [-0.05, 0) is 25.3 Å². The van der Waals surface area contributed by atoms with Gasteiger partial charge in [-0.25, -0.2) is 4.39 Å². The lowest BCUT2D eigenvalue weighted by molar-refractivity contribution is -0.132. The minimum Gasteiger partial charge on any atom is -0.319 e. The Morgan fingerprint density at radius 3 is 2.52 bits per heavy atom. The lowest BCUT2D eigenvalue weighted by Crippen LogP contribution is -2.39. The maximum absolute atomic E-state index is 14.1. The Hall–Kier alpha value is -1.42. The molecule has 0 saturated carbocycles. The van der Waals surface area contributed by atoms with Crippen LogP contribution in [0.15, 0.2) is 24.3 Å². The molecule has 116 valence electrons. The van der Waals surface area contributed by atoms with E-state index in [1.165, 1.54) is 6.07 Å². The van der Waals surface area contributed by atoms with Crippen LogP contribution < -0.4 is 5.32 Å². The van der Waals surface area contributed by atoms with Crippen LogP contribution in [-0.2, 0) is 4.79 Å². The van der Waals surface area contributed by atoms with Crippen molar-refractivity contribution in [2.24, 2.45) is 5.92 Å². The van der Waals surface area contributed by atoms with E-state index in [-0.39, 0.29) is 35.9 Å². The molecular weight excluding hydrogens is 267 g/mol. The van der Waals surface area contributed by atoms with Crippen LogP contribution in [0.1, 0.15) is 52.3 Å². The van der Waals surface area contributed by atoms with Crippen LogP contribution in [0.5, 0.6) is 0 Å². The van der Waals surface area contributed by atoms with Gasteiger partial charge in [0.15, 0.2) is 0 Å². The van der Waals surface area contributed by atoms with Gasteiger partial charge in [0.1, 0.15) is 12.0 Å². The smallest absolute Gasteiger partial charge is 0.241 e. The van der Waals surface area contributed by atoms with Crippen LogP contribution in [0.4, 0.5) is 4.39 Å². The van der Waals surface area contributed by atoms with Gasteiger partial charge in [0.25, 0.3) is 0 Å². The van der Waals surface area contributed by atoms with Gasteiger partial charge in [-0.15, -0.1) is 0 Å². The number of carbonyl (C=O) groups excluding carboxylic acids is 1. The minimum atomic E-state index is -0.368. The Kier molecular flexibility index (Phi) is 4.99. The summed E-state index contributed by atoms with van der Waals surface area (Å²) in [6.07, 6.45) is 1.55. The standard InChI is InChI=1S/C17H25FN2O/c1-5-8-12(4)20-16(13-9-6-7-10-14(13)18)19-15(11(2)3)17(20)21/h6-7,9-12,15-16,19H,5,8H2,1-4H3. The predicted octanol–water partition coefficient (Wildman–Crippen LogP) is 3.47. The second kappa shape index (κ2) is 6.56. The summed E-state index contributed by atoms with van der Waals surface area (Å²) >= 11 is 0. The molecule has 1 aliphatic rings. The number of carbonyl (C=O) groups is 1. The highest BCUT2D eigenvalue weighted by Gasteiger charge is 2.43. The monoisotopic (exact) mass is 292 g/mol. The van der Waals surface area contributed by atoms with Crippen LogP contribution in [0.2, 0.25) is 0 Å². The molecule has 21 heavy (non-hydrogen) atoms. The van der Waals surface area contributed by atoms with Gasteiger partial charge in [-0.1, -0.05) is 45.4 Å². The van der Waals surface area contributed by atoms with E-state index in [1.54, 1.807) is 12.1 Å². The Morgan fingerprint density at radius 1 is 1.29 bits per heavy atom. The number of hydrogen-bond acceptors (Lipinski definition) is 2. The van der Waals surface area contributed by atoms with E-state index < -0.39 is 0 Å². The molecular formula is C17H25FN2O. The summed E-state index contributed by atoms with van der Waals surface area (Å²) in [6.45, 7) is 8.17. The lowest BCUT2D eigenvalue weighted by Gasteiger charge is -2.30. The molecule has 0 radical (unpaired) electrons. The maximum Gasteiger partial charge on any atom is 0.241 e. The summed E-state index contributed by atoms with van der Waals surface area (Å²) < 4.78 is 14.1. The molecule has 0 spiro atoms. The van der Waals surface area contributed by atoms with E-state index in [0.29, 0.717) is 5.56 Å². The molecule has 0 bridgehead atoms. The number of nitrogens with zero attached hydrogens (tertiary/aromatic N) is 1. The molecule has 0 aliphatic carbocycles. The van der Waals surface area contributed by atoms with Crippen LogP contribution in [-0.4, -0.2) is 22.9 Å². The number of halogens is 1. The largest absolute Gasteiger partial charge is 0.319 e. The summed E-state index contributed by atoms with van der Waals surface area (Å²) in [5.41, 5.74) is 0.553. The number of benzene rings is 1. The van der Waals surface area contributed by atoms with Crippen LogP contribution in [0, 0.1) is 11.7 Å². The Balaban J connectivity index is 2.37. The maximum atomic E-state index is 14.1. The SMILES string of the molecule is CCCC(C)N1C(=O)C(C(C)C)NC1c1ccccc1F. The molecule has 1 heterocycles. The van der Waals surface area contributed by atoms with Crippen molar-refractivity contribution in [1.82, 2.24) is 10.2 Å². The minimum absolute atomic E-state index is 0.0826. The molecule has 1 amide bonds. The van der Waals surface area contributed by atoms with E-state index in [9.17, 15) is 9.18 Å². The van der Waals surface area contributed by atoms with Gasteiger partial charge >= 0.3 is 0 Å². The molecule has 2 rings (SSSR count). The summed E-state index contributed by atoms with van der Waals surface area (Å²) in [7, 11) is 0. The van der Waals surface area contributed by atoms with Crippen molar-refractivity contribution in [1.29, 1.82) is 0 Å². The van der Waals surface area contributed by atoms with Gasteiger partial charge in [-0.3, -0.25) is 10.1 Å². The Bertz CT molecular complexity index is 503. The summed E-state index contributed by atoms with van der Waals surface area (Å²) in [5, 5.41) is 3.32. The van der Waals surface area contributed by atoms with Crippen molar-refractivity contribution >= 4 is 5.91 Å². The molecule has 3 atom stereocenters. The first-order chi connectivity index (χ1) is 9.97. The zero-order chi connectivity index (χ0) is 15.6. The molecule has 4 heteroatoms. The molecule has 1 aliphatic heterocycles. The van der Waals surface area contributed by atoms with Gasteiger partial charge in [0.05, 0.1) is 6.04 Å². The summed E-state index contributed by atoms with van der Waals surface area (Å²) in [6, 6.07) is 6.56. The highest BCUT2D eigenvalue weighted by molar-refractivity contribution is 5.85. The van der Waals surface area contributed by atoms with E-state index in [1.807, 2.05) is 31.7 Å². The molecule has 1 fully saturated rings. The number of nitrogens with one attached hydrogen (secondary N) is 1. The lowest BCUT2D eigenvalue weighted by atomic mass is 10.0. The number of hydrogen-bond donors (Lipinski definition) is 1. The van der Waals surface area contributed by atoms with Crippen molar-refractivity contribution in [2.45, 2.75) is 58.8 Å². The first-order valence-electron chi connectivity index (χ1n) is 7.80. The van der Waals surface area contributed by atoms with Crippen LogP contribution >= 0.6 is 0 Å². The molecule has 0 aromatic heterocycles. The molecule has 1 saturated heterocycles. The number of rotatable bonds is 5. The van der Waals surface area contributed by atoms with Gasteiger partial charge < -0.3 is 4.90 Å². The second-order valence-corrected chi connectivity index (χ2v) is 6.20. The molecule has 1 aromatic rings. The summed E-state index contributed by atoms with van der Waals surface area (Å²) in [5.74, 6) is 0.00528. The van der Waals surface area contributed by atoms with E-state index in [4.69, 9.17) is 0 Å². The highest BCUT2D eigenvalue weighted by Crippen LogP contribution is 2.32. The van der Waals surface area contributed by atoms with Gasteiger partial charge in [-0.2, -0.15) is 0 Å². The molecule has 3 nitrogen and oxygen atoms in total. The van der Waals surface area contributed by atoms with Crippen molar-refractivity contribution < 1.29 is 9.18 Å². The first kappa shape index (κ1) is 16.0. The van der Waals surface area contributed by atoms with Gasteiger partial charge in [0, 0.05) is 11.6 Å². The number of amides is 1. The topological polar surface area (TPSA) is 32.3 Å². The quantitative estimate of drug-likeness (QED) is 0.901. The van der Waals surface area contributed by atoms with E-state index in [0.717, 1.165) is 12.8 Å². The zero-order valence-electron chi connectivity index (χ0n) is 13.3. The highest BCUT2D eigenvalue weighted by atomic mass is 19.1. The van der Waals surface area contributed by atoms with Crippen molar-refractivity contribution in [3.8, 4) is 0 Å². The predicted molar refractivity (Wildman–Crippen MR) is 82.1 cm³/mol. The van der Waals surface area contributed by atoms with Crippen molar-refractivity contribution in [3.63, 3.8) is 0 Å². The summed E-state index contributed by atoms with van der Waals surface area (Å²) in [4.78, 5) is 14.5. The third kappa shape index (κ3) is 3.10. The third-order valence-corrected chi connectivity index (χ3v) is 4.18. The average Bonchev–Trinajstić information content (AvgIpc) is 2.77. The molecule has 1 aromatic carbocycles. The third-order valence-electron chi connectivity index (χ3n) is 4.18. The second-order valence-electron chi connectivity index (χ2n) is 6.20. The fourth-order valence-electron chi connectivity index (χ4n) is 3.05. The average molecular weight is 292 g/mol. The van der Waals surface area contributed by atoms with E-state index in [2.05, 4.69) is 12.2 Å². The first-order valence-corrected chi connectivity index (χ1v) is 7.80. The van der Waals surface area contributed by atoms with Crippen molar-refractivity contribution in [3.05, 3.63) is 35.6 Å². The van der Waals surface area contributed by atoms with E-state index >= 15 is 0 Å². The van der Waals surface area contributed by atoms with Crippen molar-refractivity contribution in [2.75, 3.05) is 0 Å². The fourth-order valence-corrected chi connectivity index (χ4v) is 3.05. The fraction of sp³-hybridized carbons (Fsp3) is 0.588. The Morgan fingerprint density at radius 2 is 1.95 bits per heavy atom. The van der Waals surface area contributed by atoms with Gasteiger partial charge in [0.2, 0.25) is 5.91 Å². The van der Waals surface area contributed by atoms with Crippen LogP contribution in [0.3, 0.4) is 0 Å². The van der Waals surface area contributed by atoms with Crippen LogP contribution in [0.25, 0.3) is 0 Å². The zero-order valence-corrected chi connectivity index (χ0v) is 13.3. The Labute approximate surface area is 126 Å². The molecule has 1 N–H and O–H groups in total.